The van der Waals surface area contributed by atoms with Gasteiger partial charge in [0.05, 0.1) is 13.5 Å². The van der Waals surface area contributed by atoms with Crippen LogP contribution in [0.25, 0.3) is 0 Å². The summed E-state index contributed by atoms with van der Waals surface area (Å²) in [6.45, 7) is 5.73. The molecule has 0 fully saturated rings. The van der Waals surface area contributed by atoms with E-state index in [0.717, 1.165) is 11.1 Å². The van der Waals surface area contributed by atoms with Crippen LogP contribution in [0.4, 0.5) is 0 Å². The second-order valence-corrected chi connectivity index (χ2v) is 4.97. The number of esters is 1. The first kappa shape index (κ1) is 15.2. The van der Waals surface area contributed by atoms with Crippen molar-refractivity contribution in [3.8, 4) is 0 Å². The van der Waals surface area contributed by atoms with E-state index in [2.05, 4.69) is 10.1 Å². The average molecular weight is 263 g/mol. The van der Waals surface area contributed by atoms with E-state index >= 15 is 0 Å². The third-order valence-corrected chi connectivity index (χ3v) is 2.92. The molecule has 1 aromatic carbocycles. The van der Waals surface area contributed by atoms with E-state index in [1.54, 1.807) is 0 Å². The number of ether oxygens (including phenoxy) is 1. The Morgan fingerprint density at radius 1 is 1.21 bits per heavy atom. The second kappa shape index (κ2) is 6.92. The number of carbonyl (C=O) groups excluding carboxylic acids is 2. The summed E-state index contributed by atoms with van der Waals surface area (Å²) in [6.07, 6.45) is 0.264. The lowest BCUT2D eigenvalue weighted by Crippen LogP contribution is -2.45. The molecule has 1 amide bonds. The molecule has 1 rings (SSSR count). The van der Waals surface area contributed by atoms with Gasteiger partial charge in [0.15, 0.2) is 0 Å². The summed E-state index contributed by atoms with van der Waals surface area (Å²) in [6, 6.07) is 7.16. The van der Waals surface area contributed by atoms with Gasteiger partial charge in [0.25, 0.3) is 0 Å². The minimum atomic E-state index is -0.594. The van der Waals surface area contributed by atoms with Gasteiger partial charge in [-0.1, -0.05) is 43.7 Å². The zero-order chi connectivity index (χ0) is 14.4. The molecule has 1 N–H and O–H groups in total. The molecule has 0 aliphatic heterocycles. The largest absolute Gasteiger partial charge is 0.467 e. The van der Waals surface area contributed by atoms with Gasteiger partial charge in [0.2, 0.25) is 5.91 Å². The van der Waals surface area contributed by atoms with Gasteiger partial charge >= 0.3 is 5.97 Å². The quantitative estimate of drug-likeness (QED) is 0.825. The molecular weight excluding hydrogens is 242 g/mol. The van der Waals surface area contributed by atoms with Crippen LogP contribution >= 0.6 is 0 Å². The van der Waals surface area contributed by atoms with Crippen LogP contribution in [0.15, 0.2) is 24.3 Å². The van der Waals surface area contributed by atoms with E-state index < -0.39 is 12.0 Å². The number of benzene rings is 1. The Morgan fingerprint density at radius 2 is 1.79 bits per heavy atom. The topological polar surface area (TPSA) is 55.4 Å². The minimum absolute atomic E-state index is 0.00517. The van der Waals surface area contributed by atoms with Gasteiger partial charge < -0.3 is 10.1 Å². The third-order valence-electron chi connectivity index (χ3n) is 2.92. The number of rotatable bonds is 5. The standard InChI is InChI=1S/C15H21NO3/c1-10(2)14(15(18)19-4)16-13(17)9-12-7-5-11(3)6-8-12/h5-8,10,14H,9H2,1-4H3,(H,16,17). The Balaban J connectivity index is 2.62. The number of aryl methyl sites for hydroxylation is 1. The zero-order valence-electron chi connectivity index (χ0n) is 11.9. The normalized spacial score (nSPS) is 12.1. The maximum Gasteiger partial charge on any atom is 0.328 e. The van der Waals surface area contributed by atoms with Crippen molar-refractivity contribution < 1.29 is 14.3 Å². The molecule has 104 valence electrons. The molecule has 0 radical (unpaired) electrons. The molecule has 0 saturated carbocycles. The summed E-state index contributed by atoms with van der Waals surface area (Å²) in [5, 5.41) is 2.72. The van der Waals surface area contributed by atoms with Crippen LogP contribution in [-0.2, 0) is 20.7 Å². The SMILES string of the molecule is COC(=O)C(NC(=O)Cc1ccc(C)cc1)C(C)C. The van der Waals surface area contributed by atoms with Crippen LogP contribution in [0.1, 0.15) is 25.0 Å². The van der Waals surface area contributed by atoms with Crippen molar-refractivity contribution in [3.05, 3.63) is 35.4 Å². The number of hydrogen-bond donors (Lipinski definition) is 1. The number of amides is 1. The van der Waals surface area contributed by atoms with Crippen molar-refractivity contribution in [2.45, 2.75) is 33.2 Å². The van der Waals surface area contributed by atoms with Crippen LogP contribution in [0.3, 0.4) is 0 Å². The number of nitrogens with one attached hydrogen (secondary N) is 1. The highest BCUT2D eigenvalue weighted by molar-refractivity contribution is 5.85. The smallest absolute Gasteiger partial charge is 0.328 e. The summed E-state index contributed by atoms with van der Waals surface area (Å²) in [4.78, 5) is 23.5. The Hall–Kier alpha value is -1.84. The first-order chi connectivity index (χ1) is 8.93. The molecule has 0 heterocycles. The molecule has 0 aliphatic rings. The van der Waals surface area contributed by atoms with Gasteiger partial charge in [-0.3, -0.25) is 4.79 Å². The van der Waals surface area contributed by atoms with Crippen molar-refractivity contribution in [2.24, 2.45) is 5.92 Å². The molecule has 0 spiro atoms. The van der Waals surface area contributed by atoms with Gasteiger partial charge in [-0.2, -0.15) is 0 Å². The van der Waals surface area contributed by atoms with Crippen molar-refractivity contribution in [3.63, 3.8) is 0 Å². The maximum absolute atomic E-state index is 11.9. The van der Waals surface area contributed by atoms with E-state index in [0.29, 0.717) is 0 Å². The molecule has 1 atom stereocenters. The van der Waals surface area contributed by atoms with Crippen molar-refractivity contribution in [1.29, 1.82) is 0 Å². The predicted octanol–water partition coefficient (Wildman–Crippen LogP) is 1.85. The molecular formula is C15H21NO3. The maximum atomic E-state index is 11.9. The van der Waals surface area contributed by atoms with Crippen LogP contribution < -0.4 is 5.32 Å². The van der Waals surface area contributed by atoms with Gasteiger partial charge in [-0.05, 0) is 18.4 Å². The Kier molecular flexibility index (Phi) is 5.55. The van der Waals surface area contributed by atoms with E-state index in [1.165, 1.54) is 7.11 Å². The number of hydrogen-bond acceptors (Lipinski definition) is 3. The van der Waals surface area contributed by atoms with Crippen LogP contribution in [0.5, 0.6) is 0 Å². The van der Waals surface area contributed by atoms with Crippen LogP contribution in [0.2, 0.25) is 0 Å². The summed E-state index contributed by atoms with van der Waals surface area (Å²) < 4.78 is 4.69. The lowest BCUT2D eigenvalue weighted by Gasteiger charge is -2.19. The molecule has 19 heavy (non-hydrogen) atoms. The van der Waals surface area contributed by atoms with E-state index in [4.69, 9.17) is 0 Å². The van der Waals surface area contributed by atoms with Crippen molar-refractivity contribution >= 4 is 11.9 Å². The third kappa shape index (κ3) is 4.73. The fourth-order valence-corrected chi connectivity index (χ4v) is 1.74. The lowest BCUT2D eigenvalue weighted by molar-refractivity contribution is -0.146. The van der Waals surface area contributed by atoms with E-state index in [-0.39, 0.29) is 18.2 Å². The Bertz CT molecular complexity index is 437. The highest BCUT2D eigenvalue weighted by Gasteiger charge is 2.24. The summed E-state index contributed by atoms with van der Waals surface area (Å²) in [5.41, 5.74) is 2.08. The van der Waals surface area contributed by atoms with Gasteiger partial charge in [0.1, 0.15) is 6.04 Å². The number of carbonyl (C=O) groups is 2. The first-order valence-corrected chi connectivity index (χ1v) is 6.36. The molecule has 4 nitrogen and oxygen atoms in total. The lowest BCUT2D eigenvalue weighted by atomic mass is 10.0. The first-order valence-electron chi connectivity index (χ1n) is 6.36. The van der Waals surface area contributed by atoms with E-state index in [9.17, 15) is 9.59 Å². The highest BCUT2D eigenvalue weighted by atomic mass is 16.5. The van der Waals surface area contributed by atoms with Crippen molar-refractivity contribution in [2.75, 3.05) is 7.11 Å². The second-order valence-electron chi connectivity index (χ2n) is 4.97. The fourth-order valence-electron chi connectivity index (χ4n) is 1.74. The molecule has 0 aromatic heterocycles. The van der Waals surface area contributed by atoms with Crippen LogP contribution in [0, 0.1) is 12.8 Å². The fraction of sp³-hybridized carbons (Fsp3) is 0.467. The Morgan fingerprint density at radius 3 is 2.26 bits per heavy atom. The van der Waals surface area contributed by atoms with Crippen LogP contribution in [-0.4, -0.2) is 25.0 Å². The summed E-state index contributed by atoms with van der Waals surface area (Å²) in [5.74, 6) is -0.588. The zero-order valence-corrected chi connectivity index (χ0v) is 11.9. The highest BCUT2D eigenvalue weighted by Crippen LogP contribution is 2.06. The monoisotopic (exact) mass is 263 g/mol. The summed E-state index contributed by atoms with van der Waals surface area (Å²) in [7, 11) is 1.32. The Labute approximate surface area is 114 Å². The minimum Gasteiger partial charge on any atom is -0.467 e. The molecule has 0 saturated heterocycles. The summed E-state index contributed by atoms with van der Waals surface area (Å²) >= 11 is 0. The van der Waals surface area contributed by atoms with Gasteiger partial charge in [0, 0.05) is 0 Å². The van der Waals surface area contributed by atoms with Crippen molar-refractivity contribution in [1.82, 2.24) is 5.32 Å². The molecule has 1 aromatic rings. The molecule has 1 unspecified atom stereocenters. The average Bonchev–Trinajstić information content (AvgIpc) is 2.37. The number of methoxy groups -OCH3 is 1. The molecule has 4 heteroatoms. The predicted molar refractivity (Wildman–Crippen MR) is 73.7 cm³/mol. The van der Waals surface area contributed by atoms with E-state index in [1.807, 2.05) is 45.0 Å². The molecule has 0 bridgehead atoms. The van der Waals surface area contributed by atoms with Gasteiger partial charge in [-0.15, -0.1) is 0 Å². The van der Waals surface area contributed by atoms with Gasteiger partial charge in [-0.25, -0.2) is 4.79 Å². The molecule has 0 aliphatic carbocycles.